The van der Waals surface area contributed by atoms with Crippen LogP contribution in [0.5, 0.6) is 0 Å². The Labute approximate surface area is 89.8 Å². The van der Waals surface area contributed by atoms with Gasteiger partial charge in [-0.2, -0.15) is 5.10 Å². The van der Waals surface area contributed by atoms with Crippen LogP contribution >= 0.6 is 0 Å². The lowest BCUT2D eigenvalue weighted by Crippen LogP contribution is -2.32. The SMILES string of the molecule is Cc1cnnc(N(C)CC(C)C(=N)N)c1. The molecule has 0 radical (unpaired) electrons. The summed E-state index contributed by atoms with van der Waals surface area (Å²) in [4.78, 5) is 1.95. The third-order valence-corrected chi connectivity index (χ3v) is 2.25. The summed E-state index contributed by atoms with van der Waals surface area (Å²) in [6.45, 7) is 4.57. The average Bonchev–Trinajstić information content (AvgIpc) is 2.17. The Hall–Kier alpha value is -1.65. The van der Waals surface area contributed by atoms with Crippen LogP contribution in [-0.2, 0) is 0 Å². The summed E-state index contributed by atoms with van der Waals surface area (Å²) >= 11 is 0. The number of hydrogen-bond acceptors (Lipinski definition) is 4. The van der Waals surface area contributed by atoms with E-state index >= 15 is 0 Å². The van der Waals surface area contributed by atoms with Gasteiger partial charge in [0.15, 0.2) is 5.82 Å². The first-order valence-electron chi connectivity index (χ1n) is 4.85. The molecule has 0 fully saturated rings. The number of amidine groups is 1. The summed E-state index contributed by atoms with van der Waals surface area (Å²) in [5.41, 5.74) is 6.48. The van der Waals surface area contributed by atoms with E-state index in [1.807, 2.05) is 31.9 Å². The van der Waals surface area contributed by atoms with Crippen LogP contribution in [0.2, 0.25) is 0 Å². The molecule has 0 aliphatic carbocycles. The molecule has 0 spiro atoms. The number of nitrogens with one attached hydrogen (secondary N) is 1. The van der Waals surface area contributed by atoms with Gasteiger partial charge in [0.25, 0.3) is 0 Å². The van der Waals surface area contributed by atoms with Crippen molar-refractivity contribution in [3.8, 4) is 0 Å². The molecule has 0 bridgehead atoms. The molecule has 0 saturated heterocycles. The van der Waals surface area contributed by atoms with Crippen molar-refractivity contribution < 1.29 is 0 Å². The predicted molar refractivity (Wildman–Crippen MR) is 61.1 cm³/mol. The van der Waals surface area contributed by atoms with Crippen molar-refractivity contribution in [3.63, 3.8) is 0 Å². The van der Waals surface area contributed by atoms with Crippen molar-refractivity contribution in [2.45, 2.75) is 13.8 Å². The van der Waals surface area contributed by atoms with Crippen molar-refractivity contribution in [1.29, 1.82) is 5.41 Å². The van der Waals surface area contributed by atoms with Crippen molar-refractivity contribution in [2.24, 2.45) is 11.7 Å². The fourth-order valence-electron chi connectivity index (χ4n) is 1.24. The maximum atomic E-state index is 7.31. The highest BCUT2D eigenvalue weighted by molar-refractivity contribution is 5.79. The van der Waals surface area contributed by atoms with Crippen molar-refractivity contribution in [3.05, 3.63) is 17.8 Å². The molecule has 5 nitrogen and oxygen atoms in total. The third kappa shape index (κ3) is 3.19. The Morgan fingerprint density at radius 2 is 2.33 bits per heavy atom. The van der Waals surface area contributed by atoms with Crippen LogP contribution in [0.4, 0.5) is 5.82 Å². The molecule has 0 saturated carbocycles. The van der Waals surface area contributed by atoms with Gasteiger partial charge in [-0.1, -0.05) is 6.92 Å². The van der Waals surface area contributed by atoms with Gasteiger partial charge >= 0.3 is 0 Å². The lowest BCUT2D eigenvalue weighted by atomic mass is 10.1. The van der Waals surface area contributed by atoms with Gasteiger partial charge in [-0.3, -0.25) is 5.41 Å². The number of rotatable bonds is 4. The van der Waals surface area contributed by atoms with E-state index in [-0.39, 0.29) is 11.8 Å². The molecule has 0 amide bonds. The third-order valence-electron chi connectivity index (χ3n) is 2.25. The maximum Gasteiger partial charge on any atom is 0.151 e. The highest BCUT2D eigenvalue weighted by Gasteiger charge is 2.10. The number of hydrogen-bond donors (Lipinski definition) is 2. The zero-order valence-corrected chi connectivity index (χ0v) is 9.36. The van der Waals surface area contributed by atoms with Crippen LogP contribution in [0.3, 0.4) is 0 Å². The van der Waals surface area contributed by atoms with E-state index in [0.717, 1.165) is 11.4 Å². The molecule has 1 aromatic rings. The Morgan fingerprint density at radius 3 is 2.87 bits per heavy atom. The van der Waals surface area contributed by atoms with E-state index in [1.54, 1.807) is 6.20 Å². The zero-order chi connectivity index (χ0) is 11.4. The summed E-state index contributed by atoms with van der Waals surface area (Å²) in [6, 6.07) is 1.96. The minimum atomic E-state index is 0.0253. The molecule has 5 heteroatoms. The highest BCUT2D eigenvalue weighted by Crippen LogP contribution is 2.10. The second-order valence-corrected chi connectivity index (χ2v) is 3.83. The largest absolute Gasteiger partial charge is 0.387 e. The Morgan fingerprint density at radius 1 is 1.67 bits per heavy atom. The Kier molecular flexibility index (Phi) is 3.60. The monoisotopic (exact) mass is 207 g/mol. The van der Waals surface area contributed by atoms with E-state index in [0.29, 0.717) is 6.54 Å². The van der Waals surface area contributed by atoms with Crippen molar-refractivity contribution >= 4 is 11.7 Å². The minimum Gasteiger partial charge on any atom is -0.387 e. The van der Waals surface area contributed by atoms with Crippen LogP contribution in [0.1, 0.15) is 12.5 Å². The molecular weight excluding hydrogens is 190 g/mol. The number of aryl methyl sites for hydroxylation is 1. The maximum absolute atomic E-state index is 7.31. The van der Waals surface area contributed by atoms with Gasteiger partial charge in [0.05, 0.1) is 12.0 Å². The van der Waals surface area contributed by atoms with Crippen LogP contribution < -0.4 is 10.6 Å². The topological polar surface area (TPSA) is 78.9 Å². The standard InChI is InChI=1S/C10H17N5/c1-7-4-9(14-13-5-7)15(3)6-8(2)10(11)12/h4-5,8H,6H2,1-3H3,(H3,11,12). The van der Waals surface area contributed by atoms with Gasteiger partial charge in [-0.05, 0) is 18.6 Å². The fraction of sp³-hybridized carbons (Fsp3) is 0.500. The molecule has 1 unspecified atom stereocenters. The van der Waals surface area contributed by atoms with Gasteiger partial charge in [-0.15, -0.1) is 5.10 Å². The predicted octanol–water partition coefficient (Wildman–Crippen LogP) is 0.793. The van der Waals surface area contributed by atoms with Crippen molar-refractivity contribution in [1.82, 2.24) is 10.2 Å². The number of nitrogens with zero attached hydrogens (tertiary/aromatic N) is 3. The van der Waals surface area contributed by atoms with E-state index in [1.165, 1.54) is 0 Å². The minimum absolute atomic E-state index is 0.0253. The second-order valence-electron chi connectivity index (χ2n) is 3.83. The van der Waals surface area contributed by atoms with E-state index in [9.17, 15) is 0 Å². The van der Waals surface area contributed by atoms with Gasteiger partial charge in [-0.25, -0.2) is 0 Å². The molecule has 0 aliphatic rings. The van der Waals surface area contributed by atoms with Crippen molar-refractivity contribution in [2.75, 3.05) is 18.5 Å². The summed E-state index contributed by atoms with van der Waals surface area (Å²) in [5.74, 6) is 1.03. The quantitative estimate of drug-likeness (QED) is 0.565. The fourth-order valence-corrected chi connectivity index (χ4v) is 1.24. The molecule has 0 aliphatic heterocycles. The molecule has 1 heterocycles. The lowest BCUT2D eigenvalue weighted by Gasteiger charge is -2.21. The zero-order valence-electron chi connectivity index (χ0n) is 9.36. The Bertz CT molecular complexity index is 349. The van der Waals surface area contributed by atoms with Crippen LogP contribution in [0.25, 0.3) is 0 Å². The molecule has 82 valence electrons. The number of anilines is 1. The van der Waals surface area contributed by atoms with Gasteiger partial charge in [0, 0.05) is 19.5 Å². The second kappa shape index (κ2) is 4.72. The van der Waals surface area contributed by atoms with Gasteiger partial charge in [0.1, 0.15) is 0 Å². The van der Waals surface area contributed by atoms with E-state index in [4.69, 9.17) is 11.1 Å². The number of aromatic nitrogens is 2. The average molecular weight is 207 g/mol. The van der Waals surface area contributed by atoms with Gasteiger partial charge in [0.2, 0.25) is 0 Å². The first-order chi connectivity index (χ1) is 7.00. The van der Waals surface area contributed by atoms with Crippen LogP contribution in [0, 0.1) is 18.3 Å². The molecule has 15 heavy (non-hydrogen) atoms. The van der Waals surface area contributed by atoms with Crippen LogP contribution in [-0.4, -0.2) is 29.6 Å². The van der Waals surface area contributed by atoms with E-state index in [2.05, 4.69) is 10.2 Å². The van der Waals surface area contributed by atoms with E-state index < -0.39 is 0 Å². The smallest absolute Gasteiger partial charge is 0.151 e. The molecule has 1 rings (SSSR count). The lowest BCUT2D eigenvalue weighted by molar-refractivity contribution is 0.717. The summed E-state index contributed by atoms with van der Waals surface area (Å²) in [7, 11) is 1.92. The first-order valence-corrected chi connectivity index (χ1v) is 4.85. The summed E-state index contributed by atoms with van der Waals surface area (Å²) in [6.07, 6.45) is 1.71. The molecule has 0 aromatic carbocycles. The van der Waals surface area contributed by atoms with Gasteiger partial charge < -0.3 is 10.6 Å². The Balaban J connectivity index is 2.68. The summed E-state index contributed by atoms with van der Waals surface area (Å²) in [5, 5.41) is 15.2. The first kappa shape index (κ1) is 11.4. The highest BCUT2D eigenvalue weighted by atomic mass is 15.2. The molecule has 1 aromatic heterocycles. The molecular formula is C10H17N5. The normalized spacial score (nSPS) is 12.2. The number of nitrogens with two attached hydrogens (primary N) is 1. The summed E-state index contributed by atoms with van der Waals surface area (Å²) < 4.78 is 0. The van der Waals surface area contributed by atoms with Crippen LogP contribution in [0.15, 0.2) is 12.3 Å². The molecule has 3 N–H and O–H groups in total. The molecule has 1 atom stereocenters.